The van der Waals surface area contributed by atoms with Gasteiger partial charge in [0, 0.05) is 32.0 Å². The summed E-state index contributed by atoms with van der Waals surface area (Å²) < 4.78 is 0. The zero-order valence-electron chi connectivity index (χ0n) is 18.9. The number of carbonyl (C=O) groups is 2. The summed E-state index contributed by atoms with van der Waals surface area (Å²) in [6.07, 6.45) is 7.73. The minimum Gasteiger partial charge on any atom is -0.355 e. The molecule has 2 aliphatic heterocycles. The highest BCUT2D eigenvalue weighted by molar-refractivity contribution is 5.88. The van der Waals surface area contributed by atoms with Crippen molar-refractivity contribution < 1.29 is 9.59 Å². The number of benzene rings is 2. The van der Waals surface area contributed by atoms with Crippen LogP contribution in [0.1, 0.15) is 68.4 Å². The van der Waals surface area contributed by atoms with Gasteiger partial charge >= 0.3 is 0 Å². The summed E-state index contributed by atoms with van der Waals surface area (Å²) >= 11 is 0. The fraction of sp³-hybridized carbons (Fsp3) is 0.500. The predicted molar refractivity (Wildman–Crippen MR) is 126 cm³/mol. The predicted octanol–water partition coefficient (Wildman–Crippen LogP) is 4.80. The van der Waals surface area contributed by atoms with Crippen molar-refractivity contribution in [3.05, 3.63) is 71.8 Å². The van der Waals surface area contributed by atoms with Gasteiger partial charge < -0.3 is 10.2 Å². The van der Waals surface area contributed by atoms with E-state index in [9.17, 15) is 9.59 Å². The molecule has 4 nitrogen and oxygen atoms in total. The first-order valence-corrected chi connectivity index (χ1v) is 12.3. The number of likely N-dealkylation sites (tertiary alicyclic amines) is 1. The molecule has 1 unspecified atom stereocenters. The summed E-state index contributed by atoms with van der Waals surface area (Å²) in [7, 11) is 0. The van der Waals surface area contributed by atoms with Gasteiger partial charge in [-0.1, -0.05) is 79.9 Å². The smallest absolute Gasteiger partial charge is 0.233 e. The fourth-order valence-corrected chi connectivity index (χ4v) is 6.62. The summed E-state index contributed by atoms with van der Waals surface area (Å²) in [6.45, 7) is 2.21. The lowest BCUT2D eigenvalue weighted by Gasteiger charge is -2.50. The molecule has 0 radical (unpaired) electrons. The lowest BCUT2D eigenvalue weighted by Crippen LogP contribution is -2.56. The van der Waals surface area contributed by atoms with E-state index >= 15 is 0 Å². The van der Waals surface area contributed by atoms with Crippen LogP contribution >= 0.6 is 0 Å². The summed E-state index contributed by atoms with van der Waals surface area (Å²) in [4.78, 5) is 28.6. The van der Waals surface area contributed by atoms with Gasteiger partial charge in [0.15, 0.2) is 0 Å². The minimum absolute atomic E-state index is 0.0487. The van der Waals surface area contributed by atoms with Crippen molar-refractivity contribution in [3.8, 4) is 0 Å². The molecule has 2 aromatic carbocycles. The second kappa shape index (κ2) is 8.73. The Labute approximate surface area is 191 Å². The fourth-order valence-electron chi connectivity index (χ4n) is 6.62. The third-order valence-corrected chi connectivity index (χ3v) is 8.45. The van der Waals surface area contributed by atoms with E-state index in [1.165, 1.54) is 17.5 Å². The van der Waals surface area contributed by atoms with Gasteiger partial charge in [-0.25, -0.2) is 0 Å². The SMILES string of the molecule is O=C1CC2(CCN(C(=O)C3(c4ccccc4)CCCCC3)CC2)C(c2ccccc2)CN1. The Kier molecular flexibility index (Phi) is 5.79. The maximum Gasteiger partial charge on any atom is 0.233 e. The Balaban J connectivity index is 1.38. The molecule has 4 heteroatoms. The average molecular weight is 431 g/mol. The van der Waals surface area contributed by atoms with Crippen LogP contribution < -0.4 is 5.32 Å². The summed E-state index contributed by atoms with van der Waals surface area (Å²) in [5.74, 6) is 0.788. The van der Waals surface area contributed by atoms with E-state index < -0.39 is 0 Å². The molecule has 2 amide bonds. The Morgan fingerprint density at radius 3 is 2.12 bits per heavy atom. The standard InChI is InChI=1S/C28H34N2O2/c31-25-20-27(24(21-29-25)22-10-4-1-5-11-22)16-18-30(19-17-27)26(32)28(14-8-3-9-15-28)23-12-6-2-7-13-23/h1-2,4-7,10-13,24H,3,8-9,14-21H2,(H,29,31). The van der Waals surface area contributed by atoms with E-state index in [4.69, 9.17) is 0 Å². The van der Waals surface area contributed by atoms with E-state index in [0.29, 0.717) is 24.8 Å². The molecule has 2 heterocycles. The monoisotopic (exact) mass is 430 g/mol. The summed E-state index contributed by atoms with van der Waals surface area (Å²) in [5.41, 5.74) is 2.07. The average Bonchev–Trinajstić information content (AvgIpc) is 2.86. The summed E-state index contributed by atoms with van der Waals surface area (Å²) in [6, 6.07) is 21.1. The summed E-state index contributed by atoms with van der Waals surface area (Å²) in [5, 5.41) is 3.10. The van der Waals surface area contributed by atoms with Gasteiger partial charge in [0.25, 0.3) is 0 Å². The van der Waals surface area contributed by atoms with Crippen molar-refractivity contribution in [3.63, 3.8) is 0 Å². The number of hydrogen-bond donors (Lipinski definition) is 1. The first-order chi connectivity index (χ1) is 15.6. The van der Waals surface area contributed by atoms with Crippen molar-refractivity contribution in [1.29, 1.82) is 0 Å². The van der Waals surface area contributed by atoms with Crippen molar-refractivity contribution in [2.75, 3.05) is 19.6 Å². The van der Waals surface area contributed by atoms with Crippen LogP contribution in [0.15, 0.2) is 60.7 Å². The van der Waals surface area contributed by atoms with Gasteiger partial charge in [0.1, 0.15) is 0 Å². The molecular weight excluding hydrogens is 396 g/mol. The van der Waals surface area contributed by atoms with Crippen LogP contribution in [0.5, 0.6) is 0 Å². The minimum atomic E-state index is -0.368. The second-order valence-electron chi connectivity index (χ2n) is 10.1. The number of amides is 2. The highest BCUT2D eigenvalue weighted by atomic mass is 16.2. The highest BCUT2D eigenvalue weighted by Crippen LogP contribution is 2.50. The second-order valence-corrected chi connectivity index (χ2v) is 10.1. The first kappa shape index (κ1) is 21.2. The van der Waals surface area contributed by atoms with Crippen LogP contribution in [-0.2, 0) is 15.0 Å². The number of rotatable bonds is 3. The quantitative estimate of drug-likeness (QED) is 0.760. The van der Waals surface area contributed by atoms with E-state index in [-0.39, 0.29) is 16.7 Å². The molecule has 1 aliphatic carbocycles. The molecule has 1 N–H and O–H groups in total. The molecule has 3 fully saturated rings. The molecule has 32 heavy (non-hydrogen) atoms. The number of hydrogen-bond acceptors (Lipinski definition) is 2. The molecule has 5 rings (SSSR count). The zero-order chi connectivity index (χ0) is 22.0. The van der Waals surface area contributed by atoms with Crippen LogP contribution in [0.25, 0.3) is 0 Å². The molecule has 0 bridgehead atoms. The van der Waals surface area contributed by atoms with Gasteiger partial charge in [0.2, 0.25) is 11.8 Å². The Morgan fingerprint density at radius 2 is 1.47 bits per heavy atom. The molecule has 2 saturated heterocycles. The number of nitrogens with zero attached hydrogens (tertiary/aromatic N) is 1. The van der Waals surface area contributed by atoms with Crippen LogP contribution in [0.3, 0.4) is 0 Å². The number of nitrogens with one attached hydrogen (secondary N) is 1. The van der Waals surface area contributed by atoms with Crippen LogP contribution in [0.2, 0.25) is 0 Å². The van der Waals surface area contributed by atoms with Crippen molar-refractivity contribution >= 4 is 11.8 Å². The topological polar surface area (TPSA) is 49.4 Å². The van der Waals surface area contributed by atoms with E-state index in [1.54, 1.807) is 0 Å². The van der Waals surface area contributed by atoms with Crippen LogP contribution in [0.4, 0.5) is 0 Å². The lowest BCUT2D eigenvalue weighted by atomic mass is 9.62. The Morgan fingerprint density at radius 1 is 0.844 bits per heavy atom. The van der Waals surface area contributed by atoms with Crippen molar-refractivity contribution in [1.82, 2.24) is 10.2 Å². The van der Waals surface area contributed by atoms with Crippen molar-refractivity contribution in [2.24, 2.45) is 5.41 Å². The molecule has 1 atom stereocenters. The van der Waals surface area contributed by atoms with Gasteiger partial charge in [-0.2, -0.15) is 0 Å². The van der Waals surface area contributed by atoms with Gasteiger partial charge in [-0.3, -0.25) is 9.59 Å². The third kappa shape index (κ3) is 3.74. The molecule has 1 spiro atoms. The lowest BCUT2D eigenvalue weighted by molar-refractivity contribution is -0.142. The van der Waals surface area contributed by atoms with E-state index in [2.05, 4.69) is 58.7 Å². The first-order valence-electron chi connectivity index (χ1n) is 12.3. The van der Waals surface area contributed by atoms with Crippen LogP contribution in [-0.4, -0.2) is 36.3 Å². The number of piperidine rings is 2. The molecule has 2 aromatic rings. The molecule has 168 valence electrons. The zero-order valence-corrected chi connectivity index (χ0v) is 18.9. The van der Waals surface area contributed by atoms with Gasteiger partial charge in [-0.15, -0.1) is 0 Å². The number of carbonyl (C=O) groups excluding carboxylic acids is 2. The van der Waals surface area contributed by atoms with Gasteiger partial charge in [0.05, 0.1) is 5.41 Å². The molecule has 0 aromatic heterocycles. The largest absolute Gasteiger partial charge is 0.355 e. The highest BCUT2D eigenvalue weighted by Gasteiger charge is 2.49. The van der Waals surface area contributed by atoms with Crippen LogP contribution in [0, 0.1) is 5.41 Å². The maximum absolute atomic E-state index is 14.0. The van der Waals surface area contributed by atoms with E-state index in [0.717, 1.165) is 51.6 Å². The molecule has 1 saturated carbocycles. The Hall–Kier alpha value is -2.62. The maximum atomic E-state index is 14.0. The molecule has 3 aliphatic rings. The normalized spacial score (nSPS) is 24.7. The third-order valence-electron chi connectivity index (χ3n) is 8.45. The van der Waals surface area contributed by atoms with Gasteiger partial charge in [-0.05, 0) is 42.2 Å². The van der Waals surface area contributed by atoms with E-state index in [1.807, 2.05) is 12.1 Å². The molecular formula is C28H34N2O2. The Bertz CT molecular complexity index is 942. The van der Waals surface area contributed by atoms with Crippen molar-refractivity contribution in [2.45, 2.75) is 62.7 Å².